The highest BCUT2D eigenvalue weighted by molar-refractivity contribution is 5.38. The van der Waals surface area contributed by atoms with E-state index in [1.54, 1.807) is 7.11 Å². The standard InChI is InChI=1S/C10H13NO/c1-7-5-8(9-6-11-9)3-4-10(7)12-2/h3-5,9,11H,6H2,1-2H3/t9-/m1/s1. The highest BCUT2D eigenvalue weighted by atomic mass is 16.5. The SMILES string of the molecule is COc1ccc([C@H]2CN2)cc1C. The Balaban J connectivity index is 2.30. The molecule has 1 fully saturated rings. The molecule has 1 aliphatic rings. The molecular formula is C10H13NO. The van der Waals surface area contributed by atoms with Gasteiger partial charge in [-0.1, -0.05) is 12.1 Å². The minimum absolute atomic E-state index is 0.592. The molecule has 0 aromatic heterocycles. The molecule has 0 bridgehead atoms. The Labute approximate surface area is 72.5 Å². The molecular weight excluding hydrogens is 150 g/mol. The molecule has 0 spiro atoms. The fraction of sp³-hybridized carbons (Fsp3) is 0.400. The summed E-state index contributed by atoms with van der Waals surface area (Å²) in [5, 5.41) is 3.27. The number of hydrogen-bond donors (Lipinski definition) is 1. The van der Waals surface area contributed by atoms with Gasteiger partial charge in [-0.15, -0.1) is 0 Å². The first kappa shape index (κ1) is 7.62. The third-order valence-corrected chi connectivity index (χ3v) is 2.23. The van der Waals surface area contributed by atoms with Gasteiger partial charge in [-0.25, -0.2) is 0 Å². The number of rotatable bonds is 2. The number of ether oxygens (including phenoxy) is 1. The Kier molecular flexibility index (Phi) is 1.77. The summed E-state index contributed by atoms with van der Waals surface area (Å²) in [6.07, 6.45) is 0. The lowest BCUT2D eigenvalue weighted by atomic mass is 10.1. The molecule has 1 aromatic rings. The molecule has 0 aliphatic carbocycles. The highest BCUT2D eigenvalue weighted by Crippen LogP contribution is 2.26. The average Bonchev–Trinajstić information content (AvgIpc) is 2.86. The van der Waals surface area contributed by atoms with Crippen molar-refractivity contribution in [1.82, 2.24) is 5.32 Å². The molecule has 64 valence electrons. The maximum absolute atomic E-state index is 5.18. The fourth-order valence-corrected chi connectivity index (χ4v) is 1.41. The van der Waals surface area contributed by atoms with Gasteiger partial charge < -0.3 is 10.1 Å². The Hall–Kier alpha value is -1.02. The van der Waals surface area contributed by atoms with Crippen LogP contribution in [0.5, 0.6) is 5.75 Å². The zero-order valence-corrected chi connectivity index (χ0v) is 7.42. The van der Waals surface area contributed by atoms with Gasteiger partial charge >= 0.3 is 0 Å². The van der Waals surface area contributed by atoms with E-state index in [4.69, 9.17) is 4.74 Å². The summed E-state index contributed by atoms with van der Waals surface area (Å²) in [4.78, 5) is 0. The van der Waals surface area contributed by atoms with Gasteiger partial charge in [-0.05, 0) is 24.1 Å². The predicted octanol–water partition coefficient (Wildman–Crippen LogP) is 1.65. The van der Waals surface area contributed by atoms with Crippen molar-refractivity contribution in [3.8, 4) is 5.75 Å². The van der Waals surface area contributed by atoms with Crippen LogP contribution in [-0.2, 0) is 0 Å². The number of nitrogens with one attached hydrogen (secondary N) is 1. The number of methoxy groups -OCH3 is 1. The van der Waals surface area contributed by atoms with Crippen molar-refractivity contribution < 1.29 is 4.74 Å². The fourth-order valence-electron chi connectivity index (χ4n) is 1.41. The van der Waals surface area contributed by atoms with E-state index in [1.165, 1.54) is 11.1 Å². The molecule has 1 aliphatic heterocycles. The third kappa shape index (κ3) is 1.30. The largest absolute Gasteiger partial charge is 0.496 e. The van der Waals surface area contributed by atoms with Crippen LogP contribution in [0, 0.1) is 6.92 Å². The molecule has 0 radical (unpaired) electrons. The summed E-state index contributed by atoms with van der Waals surface area (Å²) in [6.45, 7) is 3.19. The van der Waals surface area contributed by atoms with Crippen LogP contribution in [0.4, 0.5) is 0 Å². The molecule has 0 amide bonds. The maximum atomic E-state index is 5.18. The van der Waals surface area contributed by atoms with Gasteiger partial charge in [0.1, 0.15) is 5.75 Å². The minimum Gasteiger partial charge on any atom is -0.496 e. The van der Waals surface area contributed by atoms with E-state index in [-0.39, 0.29) is 0 Å². The van der Waals surface area contributed by atoms with Crippen LogP contribution in [0.25, 0.3) is 0 Å². The second kappa shape index (κ2) is 2.79. The molecule has 12 heavy (non-hydrogen) atoms. The average molecular weight is 163 g/mol. The lowest BCUT2D eigenvalue weighted by molar-refractivity contribution is 0.411. The topological polar surface area (TPSA) is 31.2 Å². The van der Waals surface area contributed by atoms with E-state index in [9.17, 15) is 0 Å². The Morgan fingerprint density at radius 1 is 1.50 bits per heavy atom. The summed E-state index contributed by atoms with van der Waals surface area (Å²) in [7, 11) is 1.71. The first-order valence-electron chi connectivity index (χ1n) is 4.19. The summed E-state index contributed by atoms with van der Waals surface area (Å²) in [6, 6.07) is 6.93. The van der Waals surface area contributed by atoms with Crippen molar-refractivity contribution in [3.05, 3.63) is 29.3 Å². The summed E-state index contributed by atoms with van der Waals surface area (Å²) in [5.74, 6) is 0.972. The lowest BCUT2D eigenvalue weighted by Crippen LogP contribution is -1.90. The first-order chi connectivity index (χ1) is 5.81. The van der Waals surface area contributed by atoms with Crippen LogP contribution in [0.2, 0.25) is 0 Å². The quantitative estimate of drug-likeness (QED) is 0.672. The van der Waals surface area contributed by atoms with Crippen molar-refractivity contribution in [2.75, 3.05) is 13.7 Å². The Morgan fingerprint density at radius 3 is 2.75 bits per heavy atom. The molecule has 2 heteroatoms. The van der Waals surface area contributed by atoms with E-state index in [0.29, 0.717) is 6.04 Å². The van der Waals surface area contributed by atoms with Crippen LogP contribution in [0.1, 0.15) is 17.2 Å². The van der Waals surface area contributed by atoms with Gasteiger partial charge in [0.05, 0.1) is 7.11 Å². The van der Waals surface area contributed by atoms with Gasteiger partial charge in [0.25, 0.3) is 0 Å². The number of hydrogen-bond acceptors (Lipinski definition) is 2. The molecule has 1 heterocycles. The van der Waals surface area contributed by atoms with Crippen molar-refractivity contribution in [2.24, 2.45) is 0 Å². The van der Waals surface area contributed by atoms with Gasteiger partial charge in [0, 0.05) is 12.6 Å². The summed E-state index contributed by atoms with van der Waals surface area (Å²) < 4.78 is 5.18. The molecule has 0 unspecified atom stereocenters. The zero-order valence-electron chi connectivity index (χ0n) is 7.42. The lowest BCUT2D eigenvalue weighted by Gasteiger charge is -2.05. The van der Waals surface area contributed by atoms with Gasteiger partial charge in [0.2, 0.25) is 0 Å². The smallest absolute Gasteiger partial charge is 0.121 e. The highest BCUT2D eigenvalue weighted by Gasteiger charge is 2.22. The van der Waals surface area contributed by atoms with Crippen molar-refractivity contribution in [2.45, 2.75) is 13.0 Å². The van der Waals surface area contributed by atoms with Crippen LogP contribution < -0.4 is 10.1 Å². The molecule has 1 atom stereocenters. The Bertz CT molecular complexity index is 292. The summed E-state index contributed by atoms with van der Waals surface area (Å²) in [5.41, 5.74) is 2.58. The predicted molar refractivity (Wildman–Crippen MR) is 48.5 cm³/mol. The number of aryl methyl sites for hydroxylation is 1. The maximum Gasteiger partial charge on any atom is 0.121 e. The van der Waals surface area contributed by atoms with Crippen molar-refractivity contribution in [3.63, 3.8) is 0 Å². The minimum atomic E-state index is 0.592. The summed E-state index contributed by atoms with van der Waals surface area (Å²) >= 11 is 0. The van der Waals surface area contributed by atoms with Crippen LogP contribution in [0.3, 0.4) is 0 Å². The van der Waals surface area contributed by atoms with E-state index in [0.717, 1.165) is 12.3 Å². The monoisotopic (exact) mass is 163 g/mol. The van der Waals surface area contributed by atoms with Crippen molar-refractivity contribution >= 4 is 0 Å². The normalized spacial score (nSPS) is 20.7. The number of benzene rings is 1. The zero-order chi connectivity index (χ0) is 8.55. The second-order valence-corrected chi connectivity index (χ2v) is 3.19. The first-order valence-corrected chi connectivity index (χ1v) is 4.19. The van der Waals surface area contributed by atoms with Gasteiger partial charge in [-0.3, -0.25) is 0 Å². The van der Waals surface area contributed by atoms with Crippen LogP contribution in [0.15, 0.2) is 18.2 Å². The molecule has 1 N–H and O–H groups in total. The van der Waals surface area contributed by atoms with Crippen molar-refractivity contribution in [1.29, 1.82) is 0 Å². The van der Waals surface area contributed by atoms with Gasteiger partial charge in [0.15, 0.2) is 0 Å². The molecule has 2 rings (SSSR count). The van der Waals surface area contributed by atoms with Gasteiger partial charge in [-0.2, -0.15) is 0 Å². The molecule has 1 saturated heterocycles. The second-order valence-electron chi connectivity index (χ2n) is 3.19. The van der Waals surface area contributed by atoms with E-state index in [1.807, 2.05) is 6.07 Å². The molecule has 2 nitrogen and oxygen atoms in total. The van der Waals surface area contributed by atoms with Crippen LogP contribution in [-0.4, -0.2) is 13.7 Å². The van der Waals surface area contributed by atoms with E-state index in [2.05, 4.69) is 24.4 Å². The van der Waals surface area contributed by atoms with Crippen LogP contribution >= 0.6 is 0 Å². The Morgan fingerprint density at radius 2 is 2.25 bits per heavy atom. The van der Waals surface area contributed by atoms with E-state index < -0.39 is 0 Å². The van der Waals surface area contributed by atoms with E-state index >= 15 is 0 Å². The molecule has 1 aromatic carbocycles. The third-order valence-electron chi connectivity index (χ3n) is 2.23. The molecule has 0 saturated carbocycles.